The molecule has 3 heterocycles. The minimum atomic E-state index is 0.793. The molecule has 2 aromatic heterocycles. The molecule has 25 heavy (non-hydrogen) atoms. The summed E-state index contributed by atoms with van der Waals surface area (Å²) in [7, 11) is 1.72. The van der Waals surface area contributed by atoms with Crippen molar-refractivity contribution in [3.8, 4) is 5.75 Å². The van der Waals surface area contributed by atoms with Crippen molar-refractivity contribution in [2.45, 2.75) is 5.03 Å². The van der Waals surface area contributed by atoms with Crippen LogP contribution in [0, 0.1) is 0 Å². The second-order valence-corrected chi connectivity index (χ2v) is 6.59. The molecule has 0 atom stereocenters. The van der Waals surface area contributed by atoms with E-state index in [4.69, 9.17) is 4.74 Å². The maximum Gasteiger partial charge on any atom is 0.161 e. The predicted octanol–water partition coefficient (Wildman–Crippen LogP) is 2.41. The van der Waals surface area contributed by atoms with E-state index < -0.39 is 0 Å². The van der Waals surface area contributed by atoms with Gasteiger partial charge in [-0.3, -0.25) is 5.10 Å². The zero-order chi connectivity index (χ0) is 17.2. The Bertz CT molecular complexity index is 874. The molecule has 3 aromatic rings. The van der Waals surface area contributed by atoms with Crippen LogP contribution in [-0.2, 0) is 0 Å². The lowest BCUT2D eigenvalue weighted by Gasteiger charge is -2.37. The fourth-order valence-electron chi connectivity index (χ4n) is 3.26. The quantitative estimate of drug-likeness (QED) is 0.720. The molecular weight excluding hydrogens is 336 g/mol. The van der Waals surface area contributed by atoms with Crippen LogP contribution in [0.2, 0.25) is 0 Å². The summed E-state index contributed by atoms with van der Waals surface area (Å²) in [4.78, 5) is 13.5. The summed E-state index contributed by atoms with van der Waals surface area (Å²) in [6, 6.07) is 8.17. The van der Waals surface area contributed by atoms with Crippen LogP contribution in [0.25, 0.3) is 11.0 Å². The molecule has 4 rings (SSSR count). The predicted molar refractivity (Wildman–Crippen MR) is 101 cm³/mol. The number of hydrogen-bond acceptors (Lipinski definition) is 7. The summed E-state index contributed by atoms with van der Waals surface area (Å²) in [6.07, 6.45) is 3.62. The molecule has 0 aliphatic carbocycles. The Balaban J connectivity index is 1.57. The molecule has 0 amide bonds. The number of benzene rings is 1. The SMILES string of the molecule is COc1ccccc1N1CCN(c2ncnc3[nH]nc(SC)c23)CC1. The number of methoxy groups -OCH3 is 1. The summed E-state index contributed by atoms with van der Waals surface area (Å²) < 4.78 is 5.50. The number of thioether (sulfide) groups is 1. The van der Waals surface area contributed by atoms with Gasteiger partial charge in [-0.1, -0.05) is 12.1 Å². The van der Waals surface area contributed by atoms with Crippen LogP contribution in [0.1, 0.15) is 0 Å². The van der Waals surface area contributed by atoms with Crippen molar-refractivity contribution in [1.82, 2.24) is 20.2 Å². The summed E-state index contributed by atoms with van der Waals surface area (Å²) in [5, 5.41) is 9.29. The van der Waals surface area contributed by atoms with Crippen molar-refractivity contribution < 1.29 is 4.74 Å². The number of nitrogens with one attached hydrogen (secondary N) is 1. The summed E-state index contributed by atoms with van der Waals surface area (Å²) in [5.74, 6) is 1.88. The lowest BCUT2D eigenvalue weighted by atomic mass is 10.2. The Kier molecular flexibility index (Phi) is 4.35. The lowest BCUT2D eigenvalue weighted by molar-refractivity contribution is 0.413. The first-order chi connectivity index (χ1) is 12.3. The van der Waals surface area contributed by atoms with E-state index in [-0.39, 0.29) is 0 Å². The number of aromatic nitrogens is 4. The number of aromatic amines is 1. The van der Waals surface area contributed by atoms with Gasteiger partial charge in [-0.2, -0.15) is 5.10 Å². The monoisotopic (exact) mass is 356 g/mol. The van der Waals surface area contributed by atoms with E-state index in [2.05, 4.69) is 42.1 Å². The molecule has 1 N–H and O–H groups in total. The molecule has 0 saturated carbocycles. The normalized spacial score (nSPS) is 15.0. The number of H-pyrrole nitrogens is 1. The average molecular weight is 356 g/mol. The number of anilines is 2. The third kappa shape index (κ3) is 2.86. The van der Waals surface area contributed by atoms with Gasteiger partial charge in [0.2, 0.25) is 0 Å². The van der Waals surface area contributed by atoms with Crippen molar-refractivity contribution in [1.29, 1.82) is 0 Å². The number of nitrogens with zero attached hydrogens (tertiary/aromatic N) is 5. The maximum atomic E-state index is 5.50. The average Bonchev–Trinajstić information content (AvgIpc) is 3.11. The summed E-state index contributed by atoms with van der Waals surface area (Å²) >= 11 is 1.61. The Morgan fingerprint density at radius 2 is 1.84 bits per heavy atom. The minimum absolute atomic E-state index is 0.793. The summed E-state index contributed by atoms with van der Waals surface area (Å²) in [5.41, 5.74) is 1.94. The number of piperazine rings is 1. The first kappa shape index (κ1) is 16.0. The molecule has 1 aliphatic heterocycles. The molecule has 0 radical (unpaired) electrons. The van der Waals surface area contributed by atoms with Crippen LogP contribution >= 0.6 is 11.8 Å². The highest BCUT2D eigenvalue weighted by Crippen LogP contribution is 2.32. The van der Waals surface area contributed by atoms with Crippen LogP contribution in [0.15, 0.2) is 35.6 Å². The minimum Gasteiger partial charge on any atom is -0.495 e. The fraction of sp³-hybridized carbons (Fsp3) is 0.353. The van der Waals surface area contributed by atoms with Crippen molar-refractivity contribution >= 4 is 34.3 Å². The molecule has 0 unspecified atom stereocenters. The zero-order valence-corrected chi connectivity index (χ0v) is 15.1. The van der Waals surface area contributed by atoms with Crippen molar-refractivity contribution in [3.63, 3.8) is 0 Å². The standard InChI is InChI=1S/C17H20N6OS/c1-24-13-6-4-3-5-12(13)22-7-9-23(10-8-22)16-14-15(18-11-19-16)20-21-17(14)25-2/h3-6,11H,7-10H2,1-2H3,(H,18,19,20,21). The number of rotatable bonds is 4. The Hall–Kier alpha value is -2.48. The van der Waals surface area contributed by atoms with Crippen LogP contribution in [0.5, 0.6) is 5.75 Å². The zero-order valence-electron chi connectivity index (χ0n) is 14.3. The first-order valence-corrected chi connectivity index (χ1v) is 9.40. The molecule has 8 heteroatoms. The molecule has 1 saturated heterocycles. The van der Waals surface area contributed by atoms with Gasteiger partial charge >= 0.3 is 0 Å². The molecular formula is C17H20N6OS. The largest absolute Gasteiger partial charge is 0.495 e. The second-order valence-electron chi connectivity index (χ2n) is 5.80. The lowest BCUT2D eigenvalue weighted by Crippen LogP contribution is -2.47. The molecule has 0 bridgehead atoms. The third-order valence-electron chi connectivity index (χ3n) is 4.50. The highest BCUT2D eigenvalue weighted by Gasteiger charge is 2.23. The van der Waals surface area contributed by atoms with Gasteiger partial charge in [-0.05, 0) is 18.4 Å². The van der Waals surface area contributed by atoms with Gasteiger partial charge in [0.25, 0.3) is 0 Å². The molecule has 0 spiro atoms. The van der Waals surface area contributed by atoms with Crippen LogP contribution in [0.4, 0.5) is 11.5 Å². The van der Waals surface area contributed by atoms with Crippen molar-refractivity contribution in [3.05, 3.63) is 30.6 Å². The highest BCUT2D eigenvalue weighted by atomic mass is 32.2. The van der Waals surface area contributed by atoms with E-state index in [1.54, 1.807) is 25.2 Å². The van der Waals surface area contributed by atoms with Gasteiger partial charge in [0.15, 0.2) is 5.65 Å². The van der Waals surface area contributed by atoms with Gasteiger partial charge in [0.1, 0.15) is 22.9 Å². The number of ether oxygens (including phenoxy) is 1. The molecule has 130 valence electrons. The molecule has 1 fully saturated rings. The smallest absolute Gasteiger partial charge is 0.161 e. The maximum absolute atomic E-state index is 5.50. The Labute approximate surface area is 150 Å². The number of hydrogen-bond donors (Lipinski definition) is 1. The highest BCUT2D eigenvalue weighted by molar-refractivity contribution is 7.98. The molecule has 1 aromatic carbocycles. The second kappa shape index (κ2) is 6.79. The number of para-hydroxylation sites is 2. The van der Waals surface area contributed by atoms with Gasteiger partial charge in [0.05, 0.1) is 18.2 Å². The van der Waals surface area contributed by atoms with E-state index in [0.29, 0.717) is 0 Å². The Morgan fingerprint density at radius 3 is 2.60 bits per heavy atom. The molecule has 1 aliphatic rings. The van der Waals surface area contributed by atoms with Crippen molar-refractivity contribution in [2.24, 2.45) is 0 Å². The van der Waals surface area contributed by atoms with E-state index >= 15 is 0 Å². The first-order valence-electron chi connectivity index (χ1n) is 8.18. The van der Waals surface area contributed by atoms with Gasteiger partial charge < -0.3 is 14.5 Å². The molecule has 7 nitrogen and oxygen atoms in total. The summed E-state index contributed by atoms with van der Waals surface area (Å²) in [6.45, 7) is 3.61. The topological polar surface area (TPSA) is 70.2 Å². The number of fused-ring (bicyclic) bond motifs is 1. The van der Waals surface area contributed by atoms with Gasteiger partial charge in [0, 0.05) is 26.2 Å². The van der Waals surface area contributed by atoms with E-state index in [9.17, 15) is 0 Å². The van der Waals surface area contributed by atoms with Crippen LogP contribution in [0.3, 0.4) is 0 Å². The van der Waals surface area contributed by atoms with Crippen LogP contribution < -0.4 is 14.5 Å². The van der Waals surface area contributed by atoms with E-state index in [1.165, 1.54) is 0 Å². The fourth-order valence-corrected chi connectivity index (χ4v) is 3.78. The third-order valence-corrected chi connectivity index (χ3v) is 5.18. The van der Waals surface area contributed by atoms with E-state index in [1.807, 2.05) is 18.4 Å². The Morgan fingerprint density at radius 1 is 1.08 bits per heavy atom. The van der Waals surface area contributed by atoms with Gasteiger partial charge in [-0.25, -0.2) is 9.97 Å². The van der Waals surface area contributed by atoms with Crippen molar-refractivity contribution in [2.75, 3.05) is 49.3 Å². The van der Waals surface area contributed by atoms with Gasteiger partial charge in [-0.15, -0.1) is 11.8 Å². The van der Waals surface area contributed by atoms with Crippen LogP contribution in [-0.4, -0.2) is 59.7 Å². The van der Waals surface area contributed by atoms with E-state index in [0.717, 1.165) is 59.5 Å².